The molecule has 0 aliphatic heterocycles. The zero-order valence-electron chi connectivity index (χ0n) is 58.1. The molecule has 90 heavy (non-hydrogen) atoms. The van der Waals surface area contributed by atoms with Gasteiger partial charge in [-0.25, -0.2) is 9.13 Å². The van der Waals surface area contributed by atoms with Crippen LogP contribution in [-0.4, -0.2) is 96.7 Å². The van der Waals surface area contributed by atoms with Crippen LogP contribution < -0.4 is 0 Å². The Kier molecular flexibility index (Phi) is 59.7. The van der Waals surface area contributed by atoms with Crippen molar-refractivity contribution in [1.29, 1.82) is 0 Å². The average Bonchev–Trinajstić information content (AvgIpc) is 3.72. The van der Waals surface area contributed by atoms with Crippen LogP contribution in [-0.2, 0) is 65.4 Å². The monoisotopic (exact) mass is 1320 g/mol. The average molecular weight is 1320 g/mol. The van der Waals surface area contributed by atoms with Crippen LogP contribution in [0.1, 0.15) is 331 Å². The fraction of sp³-hybridized carbons (Fsp3) is 0.887. The van der Waals surface area contributed by atoms with Crippen molar-refractivity contribution in [2.24, 2.45) is 17.8 Å². The summed E-state index contributed by atoms with van der Waals surface area (Å²) in [5.41, 5.74) is 0. The third-order valence-corrected chi connectivity index (χ3v) is 18.4. The summed E-state index contributed by atoms with van der Waals surface area (Å²) in [6, 6.07) is 0. The lowest BCUT2D eigenvalue weighted by molar-refractivity contribution is -0.161. The maximum atomic E-state index is 13.0. The Morgan fingerprint density at radius 2 is 0.656 bits per heavy atom. The molecule has 0 aliphatic rings. The van der Waals surface area contributed by atoms with Crippen LogP contribution in [0.2, 0.25) is 0 Å². The number of carbonyl (C=O) groups excluding carboxylic acids is 4. The molecule has 530 valence electrons. The minimum atomic E-state index is -4.96. The van der Waals surface area contributed by atoms with E-state index in [1.807, 2.05) is 0 Å². The van der Waals surface area contributed by atoms with E-state index in [4.69, 9.17) is 37.0 Å². The summed E-state index contributed by atoms with van der Waals surface area (Å²) >= 11 is 0. The first-order valence-electron chi connectivity index (χ1n) is 36.2. The Labute approximate surface area is 548 Å². The third-order valence-electron chi connectivity index (χ3n) is 16.5. The Hall–Kier alpha value is -2.46. The number of hydrogen-bond donors (Lipinski definition) is 3. The normalized spacial score (nSPS) is 15.0. The predicted octanol–water partition coefficient (Wildman–Crippen LogP) is 19.8. The maximum Gasteiger partial charge on any atom is 0.472 e. The van der Waals surface area contributed by atoms with Gasteiger partial charge in [-0.05, 0) is 69.1 Å². The fourth-order valence-electron chi connectivity index (χ4n) is 10.1. The van der Waals surface area contributed by atoms with Crippen LogP contribution in [0.25, 0.3) is 0 Å². The van der Waals surface area contributed by atoms with Gasteiger partial charge >= 0.3 is 39.5 Å². The van der Waals surface area contributed by atoms with Gasteiger partial charge in [0.25, 0.3) is 0 Å². The second kappa shape index (κ2) is 61.4. The van der Waals surface area contributed by atoms with E-state index in [9.17, 15) is 43.2 Å². The third kappa shape index (κ3) is 61.7. The molecule has 7 atom stereocenters. The predicted molar refractivity (Wildman–Crippen MR) is 363 cm³/mol. The summed E-state index contributed by atoms with van der Waals surface area (Å²) in [5, 5.41) is 10.6. The number of esters is 4. The SMILES string of the molecule is CCCCCC/C=C\C=C/CCCCCCCC(=O)O[C@H](COC(=O)CCCCCCCCC(C)CC)COP(=O)(O)OC[C@H](O)COP(=O)(O)OC[C@@H](COC(=O)CCCCCCCCCCC(C)CC)OC(=O)CCCCCCCCCCCCC(C)C. The van der Waals surface area contributed by atoms with Gasteiger partial charge in [-0.2, -0.15) is 0 Å². The number of phosphoric ester groups is 2. The van der Waals surface area contributed by atoms with Crippen molar-refractivity contribution in [3.05, 3.63) is 24.3 Å². The highest BCUT2D eigenvalue weighted by atomic mass is 31.2. The van der Waals surface area contributed by atoms with Crippen molar-refractivity contribution in [2.45, 2.75) is 349 Å². The zero-order chi connectivity index (χ0) is 66.6. The van der Waals surface area contributed by atoms with Crippen LogP contribution >= 0.6 is 15.6 Å². The van der Waals surface area contributed by atoms with Crippen LogP contribution in [0.15, 0.2) is 24.3 Å². The van der Waals surface area contributed by atoms with Crippen LogP contribution in [0.3, 0.4) is 0 Å². The zero-order valence-corrected chi connectivity index (χ0v) is 59.9. The fourth-order valence-corrected chi connectivity index (χ4v) is 11.7. The number of allylic oxidation sites excluding steroid dienone is 4. The molecule has 0 bridgehead atoms. The molecule has 0 aromatic rings. The van der Waals surface area contributed by atoms with Gasteiger partial charge in [0.05, 0.1) is 26.4 Å². The molecule has 0 aliphatic carbocycles. The molecule has 3 N–H and O–H groups in total. The minimum Gasteiger partial charge on any atom is -0.462 e. The van der Waals surface area contributed by atoms with E-state index in [1.165, 1.54) is 122 Å². The molecule has 17 nitrogen and oxygen atoms in total. The summed E-state index contributed by atoms with van der Waals surface area (Å²) in [5.74, 6) is 0.0963. The van der Waals surface area contributed by atoms with Gasteiger partial charge in [0, 0.05) is 25.7 Å². The van der Waals surface area contributed by atoms with Crippen molar-refractivity contribution >= 4 is 39.5 Å². The molecule has 0 saturated carbocycles. The van der Waals surface area contributed by atoms with Crippen LogP contribution in [0, 0.1) is 17.8 Å². The van der Waals surface area contributed by atoms with E-state index in [-0.39, 0.29) is 25.7 Å². The largest absolute Gasteiger partial charge is 0.472 e. The van der Waals surface area contributed by atoms with Crippen molar-refractivity contribution in [2.75, 3.05) is 39.6 Å². The Morgan fingerprint density at radius 1 is 0.367 bits per heavy atom. The van der Waals surface area contributed by atoms with E-state index in [1.54, 1.807) is 0 Å². The molecule has 19 heteroatoms. The molecule has 0 aromatic heterocycles. The number of rotatable bonds is 67. The lowest BCUT2D eigenvalue weighted by atomic mass is 9.99. The maximum absolute atomic E-state index is 13.0. The number of phosphoric acid groups is 2. The highest BCUT2D eigenvalue weighted by Gasteiger charge is 2.30. The van der Waals surface area contributed by atoms with E-state index < -0.39 is 97.5 Å². The molecular weight excluding hydrogens is 1190 g/mol. The Balaban J connectivity index is 5.30. The topological polar surface area (TPSA) is 237 Å². The molecule has 0 radical (unpaired) electrons. The van der Waals surface area contributed by atoms with E-state index in [0.29, 0.717) is 25.7 Å². The highest BCUT2D eigenvalue weighted by Crippen LogP contribution is 2.45. The first-order chi connectivity index (χ1) is 43.3. The highest BCUT2D eigenvalue weighted by molar-refractivity contribution is 7.47. The number of hydrogen-bond acceptors (Lipinski definition) is 15. The molecule has 4 unspecified atom stereocenters. The number of unbranched alkanes of at least 4 members (excludes halogenated alkanes) is 30. The summed E-state index contributed by atoms with van der Waals surface area (Å²) in [7, 11) is -9.92. The number of ether oxygens (including phenoxy) is 4. The van der Waals surface area contributed by atoms with Gasteiger partial charge in [-0.1, -0.05) is 278 Å². The lowest BCUT2D eigenvalue weighted by Gasteiger charge is -2.21. The van der Waals surface area contributed by atoms with E-state index >= 15 is 0 Å². The van der Waals surface area contributed by atoms with Gasteiger partial charge in [0.1, 0.15) is 19.3 Å². The number of aliphatic hydroxyl groups excluding tert-OH is 1. The molecule has 0 rings (SSSR count). The van der Waals surface area contributed by atoms with Gasteiger partial charge in [0.15, 0.2) is 12.2 Å². The molecule has 0 aromatic carbocycles. The number of aliphatic hydroxyl groups is 1. The minimum absolute atomic E-state index is 0.0836. The van der Waals surface area contributed by atoms with Crippen LogP contribution in [0.4, 0.5) is 0 Å². The van der Waals surface area contributed by atoms with Gasteiger partial charge in [-0.15, -0.1) is 0 Å². The second-order valence-corrected chi connectivity index (χ2v) is 28.8. The summed E-state index contributed by atoms with van der Waals surface area (Å²) in [6.07, 6.45) is 48.0. The number of carbonyl (C=O) groups is 4. The Morgan fingerprint density at radius 3 is 0.989 bits per heavy atom. The van der Waals surface area contributed by atoms with Crippen molar-refractivity contribution < 1.29 is 80.2 Å². The molecule has 0 amide bonds. The summed E-state index contributed by atoms with van der Waals surface area (Å²) in [4.78, 5) is 72.6. The Bertz CT molecular complexity index is 1860. The smallest absolute Gasteiger partial charge is 0.462 e. The molecular formula is C71H134O17P2. The first kappa shape index (κ1) is 87.5. The van der Waals surface area contributed by atoms with Crippen molar-refractivity contribution in [1.82, 2.24) is 0 Å². The van der Waals surface area contributed by atoms with E-state index in [2.05, 4.69) is 72.8 Å². The van der Waals surface area contributed by atoms with E-state index in [0.717, 1.165) is 127 Å². The van der Waals surface area contributed by atoms with Gasteiger partial charge in [-0.3, -0.25) is 37.3 Å². The summed E-state index contributed by atoms with van der Waals surface area (Å²) in [6.45, 7) is 11.7. The van der Waals surface area contributed by atoms with Gasteiger partial charge in [0.2, 0.25) is 0 Å². The van der Waals surface area contributed by atoms with Crippen LogP contribution in [0.5, 0.6) is 0 Å². The standard InChI is InChI=1S/C71H134O17P2/c1-8-11-12-13-14-15-16-17-18-19-20-24-31-40-47-54-70(75)88-67(59-82-69(74)53-46-39-34-33-37-44-51-64(7)10-3)61-86-90(79,80)84-57-65(72)56-83-89(77,78)85-60-66(58-81-68(73)52-45-38-30-27-26-29-36-43-50-63(6)9-2)87-71(76)55-48-41-32-25-22-21-23-28-35-42-49-62(4)5/h15-18,62-67,72H,8-14,19-61H2,1-7H3,(H,77,78)(H,79,80)/b16-15-,18-17-/t63?,64?,65-,66-,67-/m1/s1. The molecule has 0 spiro atoms. The molecule has 0 fully saturated rings. The summed E-state index contributed by atoms with van der Waals surface area (Å²) < 4.78 is 68.3. The quantitative estimate of drug-likeness (QED) is 0.0169. The molecule has 0 heterocycles. The first-order valence-corrected chi connectivity index (χ1v) is 39.2. The molecule has 0 saturated heterocycles. The van der Waals surface area contributed by atoms with Crippen molar-refractivity contribution in [3.63, 3.8) is 0 Å². The second-order valence-electron chi connectivity index (χ2n) is 25.9. The van der Waals surface area contributed by atoms with Crippen molar-refractivity contribution in [3.8, 4) is 0 Å². The van der Waals surface area contributed by atoms with Gasteiger partial charge < -0.3 is 33.8 Å². The lowest BCUT2D eigenvalue weighted by Crippen LogP contribution is -2.30.